The number of fused-ring (bicyclic) bond motifs is 3. The van der Waals surface area contributed by atoms with E-state index >= 15 is 0 Å². The minimum absolute atomic E-state index is 0.191. The molecule has 0 unspecified atom stereocenters. The lowest BCUT2D eigenvalue weighted by atomic mass is 9.97. The molecular weight excluding hydrogens is 392 g/mol. The molecule has 5 nitrogen and oxygen atoms in total. The molecular formula is C21H22N2O3S2. The van der Waals surface area contributed by atoms with Crippen LogP contribution in [0.1, 0.15) is 36.7 Å². The van der Waals surface area contributed by atoms with Crippen LogP contribution in [0, 0.1) is 4.64 Å². The zero-order valence-electron chi connectivity index (χ0n) is 15.8. The van der Waals surface area contributed by atoms with E-state index in [9.17, 15) is 4.79 Å². The van der Waals surface area contributed by atoms with Crippen molar-refractivity contribution in [2.45, 2.75) is 44.3 Å². The summed E-state index contributed by atoms with van der Waals surface area (Å²) in [6.45, 7) is 2.78. The highest BCUT2D eigenvalue weighted by atomic mass is 32.2. The number of benzene rings is 1. The van der Waals surface area contributed by atoms with Gasteiger partial charge in [0.1, 0.15) is 10.4 Å². The van der Waals surface area contributed by atoms with Crippen molar-refractivity contribution >= 4 is 41.0 Å². The van der Waals surface area contributed by atoms with Crippen molar-refractivity contribution in [3.05, 3.63) is 51.9 Å². The van der Waals surface area contributed by atoms with E-state index in [0.717, 1.165) is 47.0 Å². The van der Waals surface area contributed by atoms with Crippen molar-refractivity contribution in [2.24, 2.45) is 0 Å². The number of nitrogens with zero attached hydrogens (tertiary/aromatic N) is 2. The third-order valence-electron chi connectivity index (χ3n) is 4.85. The molecule has 0 saturated heterocycles. The van der Waals surface area contributed by atoms with Crippen LogP contribution in [0.3, 0.4) is 0 Å². The predicted octanol–water partition coefficient (Wildman–Crippen LogP) is 4.94. The Morgan fingerprint density at radius 2 is 2.07 bits per heavy atom. The molecule has 0 bridgehead atoms. The maximum Gasteiger partial charge on any atom is 0.316 e. The van der Waals surface area contributed by atoms with Gasteiger partial charge in [-0.3, -0.25) is 4.79 Å². The lowest BCUT2D eigenvalue weighted by Gasteiger charge is -2.14. The lowest BCUT2D eigenvalue weighted by Crippen LogP contribution is -2.12. The minimum atomic E-state index is -0.259. The SMILES string of the molecule is CCOC(=O)CSc1nc2oc3c(c2c(=S)n1Cc1ccccc1)CCCC3. The number of aryl methyl sites for hydroxylation is 2. The number of carbonyl (C=O) groups is 1. The Bertz CT molecular complexity index is 1060. The molecule has 146 valence electrons. The van der Waals surface area contributed by atoms with Crippen LogP contribution in [0.15, 0.2) is 39.9 Å². The monoisotopic (exact) mass is 414 g/mol. The van der Waals surface area contributed by atoms with Crippen LogP contribution < -0.4 is 0 Å². The standard InChI is InChI=1S/C21H22N2O3S2/c1-2-25-17(24)13-28-21-22-19-18(15-10-6-7-11-16(15)26-19)20(27)23(21)12-14-8-4-3-5-9-14/h3-5,8-9H,2,6-7,10-13H2,1H3. The fourth-order valence-corrected chi connectivity index (χ4v) is 4.77. The van der Waals surface area contributed by atoms with E-state index in [-0.39, 0.29) is 11.7 Å². The highest BCUT2D eigenvalue weighted by Gasteiger charge is 2.22. The van der Waals surface area contributed by atoms with Crippen molar-refractivity contribution in [1.29, 1.82) is 0 Å². The molecule has 0 radical (unpaired) electrons. The molecule has 0 N–H and O–H groups in total. The largest absolute Gasteiger partial charge is 0.465 e. The molecule has 1 aliphatic rings. The molecule has 0 atom stereocenters. The van der Waals surface area contributed by atoms with Gasteiger partial charge in [-0.2, -0.15) is 4.98 Å². The zero-order valence-corrected chi connectivity index (χ0v) is 17.4. The molecule has 2 heterocycles. The van der Waals surface area contributed by atoms with E-state index in [4.69, 9.17) is 26.4 Å². The first-order chi connectivity index (χ1) is 13.7. The molecule has 0 fully saturated rings. The van der Waals surface area contributed by atoms with Gasteiger partial charge in [0.05, 0.1) is 24.3 Å². The van der Waals surface area contributed by atoms with Gasteiger partial charge >= 0.3 is 5.97 Å². The normalized spacial score (nSPS) is 13.5. The summed E-state index contributed by atoms with van der Waals surface area (Å²) in [5, 5.41) is 1.64. The smallest absolute Gasteiger partial charge is 0.316 e. The van der Waals surface area contributed by atoms with Crippen molar-refractivity contribution in [3.8, 4) is 0 Å². The molecule has 7 heteroatoms. The second kappa shape index (κ2) is 8.49. The molecule has 4 rings (SSSR count). The second-order valence-electron chi connectivity index (χ2n) is 6.76. The van der Waals surface area contributed by atoms with Crippen LogP contribution in [0.2, 0.25) is 0 Å². The summed E-state index contributed by atoms with van der Waals surface area (Å²) in [6.07, 6.45) is 4.20. The maximum absolute atomic E-state index is 11.9. The third kappa shape index (κ3) is 3.86. The molecule has 1 aliphatic carbocycles. The number of hydrogen-bond donors (Lipinski definition) is 0. The van der Waals surface area contributed by atoms with Gasteiger partial charge in [0.2, 0.25) is 5.71 Å². The average Bonchev–Trinajstić information content (AvgIpc) is 3.08. The number of hydrogen-bond acceptors (Lipinski definition) is 6. The minimum Gasteiger partial charge on any atom is -0.465 e. The van der Waals surface area contributed by atoms with E-state index in [2.05, 4.69) is 12.1 Å². The predicted molar refractivity (Wildman–Crippen MR) is 112 cm³/mol. The Kier molecular flexibility index (Phi) is 5.82. The van der Waals surface area contributed by atoms with Crippen molar-refractivity contribution in [2.75, 3.05) is 12.4 Å². The van der Waals surface area contributed by atoms with Gasteiger partial charge in [0, 0.05) is 12.0 Å². The quantitative estimate of drug-likeness (QED) is 0.246. The summed E-state index contributed by atoms with van der Waals surface area (Å²) in [5.74, 6) is 0.944. The molecule has 0 aliphatic heterocycles. The van der Waals surface area contributed by atoms with E-state index < -0.39 is 0 Å². The van der Waals surface area contributed by atoms with Crippen LogP contribution >= 0.6 is 24.0 Å². The first-order valence-electron chi connectivity index (χ1n) is 9.54. The van der Waals surface area contributed by atoms with Crippen LogP contribution in [-0.4, -0.2) is 27.9 Å². The van der Waals surface area contributed by atoms with Crippen LogP contribution in [0.25, 0.3) is 11.1 Å². The number of aromatic nitrogens is 2. The molecule has 28 heavy (non-hydrogen) atoms. The lowest BCUT2D eigenvalue weighted by molar-refractivity contribution is -0.139. The molecule has 0 saturated carbocycles. The molecule has 0 amide bonds. The molecule has 0 spiro atoms. The summed E-state index contributed by atoms with van der Waals surface area (Å²) in [7, 11) is 0. The van der Waals surface area contributed by atoms with Gasteiger partial charge < -0.3 is 13.7 Å². The number of ether oxygens (including phenoxy) is 1. The van der Waals surface area contributed by atoms with E-state index in [1.165, 1.54) is 17.3 Å². The fraction of sp³-hybridized carbons (Fsp3) is 0.381. The first-order valence-corrected chi connectivity index (χ1v) is 10.9. The van der Waals surface area contributed by atoms with Crippen LogP contribution in [-0.2, 0) is 28.9 Å². The van der Waals surface area contributed by atoms with Gasteiger partial charge in [-0.15, -0.1) is 0 Å². The number of rotatable bonds is 6. The Labute approximate surface area is 173 Å². The number of thioether (sulfide) groups is 1. The number of esters is 1. The van der Waals surface area contributed by atoms with Crippen molar-refractivity contribution in [3.63, 3.8) is 0 Å². The van der Waals surface area contributed by atoms with Crippen molar-refractivity contribution in [1.82, 2.24) is 9.55 Å². The van der Waals surface area contributed by atoms with Crippen LogP contribution in [0.4, 0.5) is 0 Å². The Hall–Kier alpha value is -2.12. The van der Waals surface area contributed by atoms with Gasteiger partial charge in [0.25, 0.3) is 0 Å². The summed E-state index contributed by atoms with van der Waals surface area (Å²) in [4.78, 5) is 16.6. The second-order valence-corrected chi connectivity index (χ2v) is 8.09. The highest BCUT2D eigenvalue weighted by Crippen LogP contribution is 2.34. The summed E-state index contributed by atoms with van der Waals surface area (Å²) in [5.41, 5.74) is 2.94. The average molecular weight is 415 g/mol. The first kappa shape index (κ1) is 19.2. The maximum atomic E-state index is 11.9. The molecule has 1 aromatic carbocycles. The topological polar surface area (TPSA) is 57.3 Å². The van der Waals surface area contributed by atoms with Crippen LogP contribution in [0.5, 0.6) is 0 Å². The van der Waals surface area contributed by atoms with E-state index in [0.29, 0.717) is 24.0 Å². The van der Waals surface area contributed by atoms with Crippen molar-refractivity contribution < 1.29 is 13.9 Å². The molecule has 2 aromatic heterocycles. The Balaban J connectivity index is 1.79. The van der Waals surface area contributed by atoms with Gasteiger partial charge in [0.15, 0.2) is 5.16 Å². The van der Waals surface area contributed by atoms with E-state index in [1.54, 1.807) is 6.92 Å². The molecule has 3 aromatic rings. The third-order valence-corrected chi connectivity index (χ3v) is 6.22. The highest BCUT2D eigenvalue weighted by molar-refractivity contribution is 7.99. The van der Waals surface area contributed by atoms with Gasteiger partial charge in [-0.1, -0.05) is 54.3 Å². The Morgan fingerprint density at radius 3 is 2.86 bits per heavy atom. The number of carbonyl (C=O) groups excluding carboxylic acids is 1. The Morgan fingerprint density at radius 1 is 1.29 bits per heavy atom. The summed E-state index contributed by atoms with van der Waals surface area (Å²) in [6, 6.07) is 10.1. The van der Waals surface area contributed by atoms with Gasteiger partial charge in [-0.25, -0.2) is 0 Å². The zero-order chi connectivity index (χ0) is 19.5. The summed E-state index contributed by atoms with van der Waals surface area (Å²) < 4.78 is 13.9. The van der Waals surface area contributed by atoms with Gasteiger partial charge in [-0.05, 0) is 31.7 Å². The fourth-order valence-electron chi connectivity index (χ4n) is 3.56. The summed E-state index contributed by atoms with van der Waals surface area (Å²) >= 11 is 7.22. The number of furan rings is 1. The van der Waals surface area contributed by atoms with E-state index in [1.807, 2.05) is 22.8 Å².